The Kier molecular flexibility index (Phi) is 4.92. The fourth-order valence-electron chi connectivity index (χ4n) is 3.64. The van der Waals surface area contributed by atoms with Crippen molar-refractivity contribution in [3.63, 3.8) is 0 Å². The van der Waals surface area contributed by atoms with Gasteiger partial charge in [-0.2, -0.15) is 0 Å². The van der Waals surface area contributed by atoms with Crippen molar-refractivity contribution in [2.24, 2.45) is 0 Å². The van der Waals surface area contributed by atoms with Crippen molar-refractivity contribution in [2.75, 3.05) is 7.11 Å². The first-order chi connectivity index (χ1) is 13.6. The van der Waals surface area contributed by atoms with E-state index in [0.29, 0.717) is 10.5 Å². The molecule has 1 aliphatic rings. The third-order valence-electron chi connectivity index (χ3n) is 5.05. The van der Waals surface area contributed by atoms with Gasteiger partial charge in [-0.25, -0.2) is 4.98 Å². The van der Waals surface area contributed by atoms with Crippen LogP contribution in [0.1, 0.15) is 24.1 Å². The monoisotopic (exact) mass is 393 g/mol. The minimum absolute atomic E-state index is 0.0521. The Hall–Kier alpha value is -3.06. The Morgan fingerprint density at radius 1 is 1.07 bits per heavy atom. The van der Waals surface area contributed by atoms with Crippen LogP contribution < -0.4 is 4.74 Å². The highest BCUT2D eigenvalue weighted by atomic mass is 32.1. The molecule has 2 aromatic carbocycles. The molecule has 142 valence electrons. The topological polar surface area (TPSA) is 70.2 Å². The maximum atomic E-state index is 11.0. The Morgan fingerprint density at radius 2 is 1.75 bits per heavy atom. The van der Waals surface area contributed by atoms with E-state index in [4.69, 9.17) is 21.9 Å². The molecule has 0 radical (unpaired) electrons. The zero-order valence-corrected chi connectivity index (χ0v) is 16.2. The molecule has 28 heavy (non-hydrogen) atoms. The van der Waals surface area contributed by atoms with Gasteiger partial charge >= 0.3 is 0 Å². The van der Waals surface area contributed by atoms with Crippen LogP contribution in [0.25, 0.3) is 17.1 Å². The summed E-state index contributed by atoms with van der Waals surface area (Å²) in [4.78, 5) is 15.3. The normalized spacial score (nSPS) is 13.0. The van der Waals surface area contributed by atoms with Gasteiger partial charge in [0.1, 0.15) is 16.2 Å². The van der Waals surface area contributed by atoms with Crippen LogP contribution in [0.4, 0.5) is 5.69 Å². The first-order valence-electron chi connectivity index (χ1n) is 9.12. The van der Waals surface area contributed by atoms with Crippen molar-refractivity contribution in [1.29, 1.82) is 0 Å². The van der Waals surface area contributed by atoms with Crippen molar-refractivity contribution < 1.29 is 9.66 Å². The van der Waals surface area contributed by atoms with Gasteiger partial charge in [0.25, 0.3) is 5.69 Å². The van der Waals surface area contributed by atoms with Gasteiger partial charge < -0.3 is 4.74 Å². The van der Waals surface area contributed by atoms with E-state index in [9.17, 15) is 10.1 Å². The zero-order valence-electron chi connectivity index (χ0n) is 15.4. The van der Waals surface area contributed by atoms with Crippen LogP contribution >= 0.6 is 12.2 Å². The van der Waals surface area contributed by atoms with Gasteiger partial charge in [0.2, 0.25) is 0 Å². The lowest BCUT2D eigenvalue weighted by Gasteiger charge is -2.24. The average molecular weight is 393 g/mol. The summed E-state index contributed by atoms with van der Waals surface area (Å²) in [6.07, 6.45) is 4.06. The summed E-state index contributed by atoms with van der Waals surface area (Å²) < 4.78 is 8.03. The molecular formula is C21H19N3O3S. The van der Waals surface area contributed by atoms with Crippen LogP contribution in [-0.4, -0.2) is 21.6 Å². The lowest BCUT2D eigenvalue weighted by Crippen LogP contribution is -2.17. The van der Waals surface area contributed by atoms with Crippen LogP contribution in [0.2, 0.25) is 0 Å². The van der Waals surface area contributed by atoms with E-state index < -0.39 is 4.92 Å². The maximum Gasteiger partial charge on any atom is 0.269 e. The van der Waals surface area contributed by atoms with E-state index in [1.807, 2.05) is 24.3 Å². The van der Waals surface area contributed by atoms with E-state index in [0.717, 1.165) is 48.2 Å². The second-order valence-corrected chi connectivity index (χ2v) is 7.10. The minimum Gasteiger partial charge on any atom is -0.497 e. The third kappa shape index (κ3) is 3.29. The highest BCUT2D eigenvalue weighted by Gasteiger charge is 2.20. The molecule has 1 aliphatic carbocycles. The van der Waals surface area contributed by atoms with E-state index in [1.165, 1.54) is 17.8 Å². The zero-order chi connectivity index (χ0) is 19.7. The summed E-state index contributed by atoms with van der Waals surface area (Å²) >= 11 is 5.59. The standard InChI is InChI=1S/C21H19N3O3S/c1-27-17-12-10-15(11-13-17)23-19-5-3-2-4-18(19)21(28)22-20(23)14-6-8-16(9-7-14)24(25)26/h6-13H,2-5H2,1H3. The van der Waals surface area contributed by atoms with Crippen LogP contribution in [0.5, 0.6) is 5.75 Å². The quantitative estimate of drug-likeness (QED) is 0.352. The molecule has 1 aromatic heterocycles. The van der Waals surface area contributed by atoms with E-state index >= 15 is 0 Å². The van der Waals surface area contributed by atoms with Gasteiger partial charge in [-0.15, -0.1) is 0 Å². The number of non-ortho nitro benzene ring substituents is 1. The Labute approximate surface area is 167 Å². The molecule has 4 rings (SSSR count). The number of hydrogen-bond donors (Lipinski definition) is 0. The molecule has 0 saturated carbocycles. The summed E-state index contributed by atoms with van der Waals surface area (Å²) in [6, 6.07) is 14.3. The van der Waals surface area contributed by atoms with E-state index in [1.54, 1.807) is 19.2 Å². The lowest BCUT2D eigenvalue weighted by atomic mass is 9.96. The van der Waals surface area contributed by atoms with Gasteiger partial charge in [0.05, 0.1) is 12.0 Å². The number of nitro benzene ring substituents is 1. The predicted molar refractivity (Wildman–Crippen MR) is 110 cm³/mol. The largest absolute Gasteiger partial charge is 0.497 e. The Morgan fingerprint density at radius 3 is 2.39 bits per heavy atom. The molecule has 7 heteroatoms. The molecule has 3 aromatic rings. The van der Waals surface area contributed by atoms with E-state index in [2.05, 4.69) is 4.57 Å². The van der Waals surface area contributed by atoms with Gasteiger partial charge in [-0.3, -0.25) is 14.7 Å². The molecule has 0 atom stereocenters. The first kappa shape index (κ1) is 18.3. The molecular weight excluding hydrogens is 374 g/mol. The van der Waals surface area contributed by atoms with Crippen LogP contribution in [0.15, 0.2) is 48.5 Å². The summed E-state index contributed by atoms with van der Waals surface area (Å²) in [5.41, 5.74) is 4.11. The number of nitro groups is 1. The molecule has 0 fully saturated rings. The third-order valence-corrected chi connectivity index (χ3v) is 5.39. The van der Waals surface area contributed by atoms with Crippen molar-refractivity contribution in [3.05, 3.63) is 74.5 Å². The van der Waals surface area contributed by atoms with Crippen molar-refractivity contribution in [3.8, 4) is 22.8 Å². The number of benzene rings is 2. The lowest BCUT2D eigenvalue weighted by molar-refractivity contribution is -0.384. The first-order valence-corrected chi connectivity index (χ1v) is 9.53. The van der Waals surface area contributed by atoms with Gasteiger partial charge in [0, 0.05) is 34.6 Å². The highest BCUT2D eigenvalue weighted by molar-refractivity contribution is 7.71. The van der Waals surface area contributed by atoms with Crippen molar-refractivity contribution in [2.45, 2.75) is 25.7 Å². The Bertz CT molecular complexity index is 1090. The number of aromatic nitrogens is 2. The molecule has 1 heterocycles. The number of fused-ring (bicyclic) bond motifs is 1. The second kappa shape index (κ2) is 7.52. The number of ether oxygens (including phenoxy) is 1. The molecule has 0 spiro atoms. The molecule has 0 bridgehead atoms. The van der Waals surface area contributed by atoms with Gasteiger partial charge in [-0.1, -0.05) is 12.2 Å². The maximum absolute atomic E-state index is 11.0. The predicted octanol–water partition coefficient (Wildman–Crippen LogP) is 5.06. The summed E-state index contributed by atoms with van der Waals surface area (Å²) in [5, 5.41) is 11.0. The van der Waals surface area contributed by atoms with Gasteiger partial charge in [-0.05, 0) is 62.1 Å². The molecule has 6 nitrogen and oxygen atoms in total. The SMILES string of the molecule is COc1ccc(-n2c(-c3ccc([N+](=O)[O-])cc3)nc(=S)c3c2CCCC3)cc1. The van der Waals surface area contributed by atoms with Crippen molar-refractivity contribution in [1.82, 2.24) is 9.55 Å². The van der Waals surface area contributed by atoms with Crippen LogP contribution in [0.3, 0.4) is 0 Å². The van der Waals surface area contributed by atoms with Crippen LogP contribution in [0, 0.1) is 14.8 Å². The number of rotatable bonds is 4. The summed E-state index contributed by atoms with van der Waals surface area (Å²) in [5.74, 6) is 1.48. The number of nitrogens with zero attached hydrogens (tertiary/aromatic N) is 3. The summed E-state index contributed by atoms with van der Waals surface area (Å²) in [7, 11) is 1.64. The summed E-state index contributed by atoms with van der Waals surface area (Å²) in [6.45, 7) is 0. The van der Waals surface area contributed by atoms with Crippen molar-refractivity contribution >= 4 is 17.9 Å². The van der Waals surface area contributed by atoms with E-state index in [-0.39, 0.29) is 5.69 Å². The highest BCUT2D eigenvalue weighted by Crippen LogP contribution is 2.31. The molecule has 0 unspecified atom stereocenters. The molecule has 0 N–H and O–H groups in total. The smallest absolute Gasteiger partial charge is 0.269 e. The van der Waals surface area contributed by atoms with Crippen LogP contribution in [-0.2, 0) is 12.8 Å². The average Bonchev–Trinajstić information content (AvgIpc) is 2.74. The van der Waals surface area contributed by atoms with Gasteiger partial charge in [0.15, 0.2) is 0 Å². The molecule has 0 saturated heterocycles. The Balaban J connectivity index is 1.95. The molecule has 0 aliphatic heterocycles. The second-order valence-electron chi connectivity index (χ2n) is 6.71. The number of hydrogen-bond acceptors (Lipinski definition) is 5. The minimum atomic E-state index is -0.403. The fourth-order valence-corrected chi connectivity index (χ4v) is 3.95. The fraction of sp³-hybridized carbons (Fsp3) is 0.238. The molecule has 0 amide bonds. The number of methoxy groups -OCH3 is 1.